The summed E-state index contributed by atoms with van der Waals surface area (Å²) < 4.78 is 66.5. The lowest BCUT2D eigenvalue weighted by molar-refractivity contribution is -0.0190. The van der Waals surface area contributed by atoms with Crippen LogP contribution < -0.4 is 0 Å². The second-order valence-corrected chi connectivity index (χ2v) is 11.9. The normalized spacial score (nSPS) is 25.1. The summed E-state index contributed by atoms with van der Waals surface area (Å²) in [5, 5.41) is 0. The monoisotopic (exact) mass is 528 g/mol. The molecule has 2 aromatic rings. The molecule has 3 aliphatic rings. The van der Waals surface area contributed by atoms with Gasteiger partial charge < -0.3 is 4.74 Å². The highest BCUT2D eigenvalue weighted by molar-refractivity contribution is 5.79. The van der Waals surface area contributed by atoms with Crippen LogP contribution in [0.15, 0.2) is 24.3 Å². The molecule has 2 aliphatic carbocycles. The van der Waals surface area contributed by atoms with Gasteiger partial charge in [0.05, 0.1) is 6.10 Å². The first-order chi connectivity index (χ1) is 18.4. The lowest BCUT2D eigenvalue weighted by Crippen LogP contribution is -2.25. The molecule has 206 valence electrons. The van der Waals surface area contributed by atoms with Crippen LogP contribution in [0.1, 0.15) is 93.9 Å². The Kier molecular flexibility index (Phi) is 8.62. The molecule has 0 radical (unpaired) electrons. The number of halogens is 4. The summed E-state index contributed by atoms with van der Waals surface area (Å²) in [6.07, 6.45) is 14.9. The van der Waals surface area contributed by atoms with Gasteiger partial charge in [0.2, 0.25) is 0 Å². The van der Waals surface area contributed by atoms with Gasteiger partial charge in [-0.05, 0) is 104 Å². The Morgan fingerprint density at radius 3 is 2.03 bits per heavy atom. The van der Waals surface area contributed by atoms with E-state index < -0.39 is 23.3 Å². The molecule has 0 amide bonds. The average Bonchev–Trinajstić information content (AvgIpc) is 3.30. The van der Waals surface area contributed by atoms with Gasteiger partial charge in [-0.2, -0.15) is 0 Å². The summed E-state index contributed by atoms with van der Waals surface area (Å²) in [4.78, 5) is 0. The Balaban J connectivity index is 1.27. The Hall–Kier alpha value is -2.14. The summed E-state index contributed by atoms with van der Waals surface area (Å²) in [7, 11) is 0. The van der Waals surface area contributed by atoms with Gasteiger partial charge in [0.15, 0.2) is 23.3 Å². The van der Waals surface area contributed by atoms with Crippen molar-refractivity contribution in [2.24, 2.45) is 17.8 Å². The van der Waals surface area contributed by atoms with Crippen LogP contribution in [0.5, 0.6) is 0 Å². The Morgan fingerprint density at radius 1 is 0.816 bits per heavy atom. The van der Waals surface area contributed by atoms with Crippen molar-refractivity contribution in [2.75, 3.05) is 6.61 Å². The maximum atomic E-state index is 15.3. The van der Waals surface area contributed by atoms with E-state index in [0.717, 1.165) is 31.6 Å². The van der Waals surface area contributed by atoms with Crippen molar-refractivity contribution in [1.82, 2.24) is 0 Å². The molecule has 2 unspecified atom stereocenters. The molecule has 5 rings (SSSR count). The molecule has 0 bridgehead atoms. The number of hydrogen-bond donors (Lipinski definition) is 0. The molecule has 2 aromatic carbocycles. The number of allylic oxidation sites excluding steroid dienone is 2. The third-order valence-electron chi connectivity index (χ3n) is 9.15. The molecule has 1 aliphatic heterocycles. The van der Waals surface area contributed by atoms with E-state index in [1.807, 2.05) is 0 Å². The molecule has 1 heterocycles. The number of benzene rings is 2. The highest BCUT2D eigenvalue weighted by Gasteiger charge is 2.32. The maximum Gasteiger partial charge on any atom is 0.167 e. The summed E-state index contributed by atoms with van der Waals surface area (Å²) in [6, 6.07) is 3.32. The number of rotatable bonds is 8. The first-order valence-corrected chi connectivity index (χ1v) is 14.6. The highest BCUT2D eigenvalue weighted by atomic mass is 19.2. The van der Waals surface area contributed by atoms with E-state index in [4.69, 9.17) is 4.74 Å². The zero-order chi connectivity index (χ0) is 26.8. The average molecular weight is 529 g/mol. The predicted molar refractivity (Wildman–Crippen MR) is 144 cm³/mol. The standard InChI is InChI=1S/C33H40F4O/c1-3-27-15-13-22(19-38-27)12-14-24-17-26-18-25-16-23(7-5-4-6-21-10-8-20(2)9-11-21)30(34)32(36)28(25)29(26)33(37)31(24)35/h4,6,16-17,20-22,27H,3,5,7-15,18-19H2,1-2H3/b6-4+. The molecular weight excluding hydrogens is 488 g/mol. The zero-order valence-electron chi connectivity index (χ0n) is 22.7. The highest BCUT2D eigenvalue weighted by Crippen LogP contribution is 2.44. The van der Waals surface area contributed by atoms with Crippen molar-refractivity contribution >= 4 is 0 Å². The molecule has 1 saturated heterocycles. The van der Waals surface area contributed by atoms with Crippen molar-refractivity contribution in [3.05, 3.63) is 69.8 Å². The second-order valence-electron chi connectivity index (χ2n) is 11.9. The van der Waals surface area contributed by atoms with Crippen LogP contribution in [0, 0.1) is 41.0 Å². The van der Waals surface area contributed by atoms with Gasteiger partial charge in [0.1, 0.15) is 0 Å². The van der Waals surface area contributed by atoms with Crippen molar-refractivity contribution in [3.8, 4) is 11.1 Å². The Bertz CT molecular complexity index is 1170. The number of fused-ring (bicyclic) bond motifs is 3. The predicted octanol–water partition coefficient (Wildman–Crippen LogP) is 9.27. The summed E-state index contributed by atoms with van der Waals surface area (Å²) in [5.41, 5.74) is 1.49. The number of aryl methyl sites for hydroxylation is 2. The minimum atomic E-state index is -1.06. The molecule has 0 N–H and O–H groups in total. The molecular formula is C33H40F4O. The van der Waals surface area contributed by atoms with Crippen molar-refractivity contribution in [2.45, 2.75) is 97.0 Å². The van der Waals surface area contributed by atoms with Crippen LogP contribution in [0.25, 0.3) is 11.1 Å². The smallest absolute Gasteiger partial charge is 0.167 e. The molecule has 1 saturated carbocycles. The van der Waals surface area contributed by atoms with Gasteiger partial charge in [-0.25, -0.2) is 17.6 Å². The molecule has 5 heteroatoms. The SMILES string of the molecule is CCC1CCC(CCc2cc3c(c(F)c2F)-c2c(cc(CC/C=C/C4CCC(C)CC4)c(F)c2F)C3)CO1. The topological polar surface area (TPSA) is 9.23 Å². The number of hydrogen-bond acceptors (Lipinski definition) is 1. The minimum Gasteiger partial charge on any atom is -0.378 e. The van der Waals surface area contributed by atoms with Crippen LogP contribution >= 0.6 is 0 Å². The van der Waals surface area contributed by atoms with Gasteiger partial charge >= 0.3 is 0 Å². The largest absolute Gasteiger partial charge is 0.378 e. The number of ether oxygens (including phenoxy) is 1. The fraction of sp³-hybridized carbons (Fsp3) is 0.576. The minimum absolute atomic E-state index is 0.109. The van der Waals surface area contributed by atoms with E-state index in [0.29, 0.717) is 72.5 Å². The quantitative estimate of drug-likeness (QED) is 0.209. The third-order valence-corrected chi connectivity index (χ3v) is 9.15. The Morgan fingerprint density at radius 2 is 1.45 bits per heavy atom. The molecule has 2 atom stereocenters. The van der Waals surface area contributed by atoms with Gasteiger partial charge in [-0.1, -0.05) is 51.0 Å². The second kappa shape index (κ2) is 11.9. The fourth-order valence-electron chi connectivity index (χ4n) is 6.64. The van der Waals surface area contributed by atoms with Crippen LogP contribution in [-0.4, -0.2) is 12.7 Å². The van der Waals surface area contributed by atoms with Crippen molar-refractivity contribution in [1.29, 1.82) is 0 Å². The lowest BCUT2D eigenvalue weighted by atomic mass is 9.83. The van der Waals surface area contributed by atoms with Gasteiger partial charge in [0.25, 0.3) is 0 Å². The van der Waals surface area contributed by atoms with Crippen LogP contribution in [0.3, 0.4) is 0 Å². The summed E-state index contributed by atoms with van der Waals surface area (Å²) in [6.45, 7) is 5.05. The molecule has 38 heavy (non-hydrogen) atoms. The third kappa shape index (κ3) is 5.73. The van der Waals surface area contributed by atoms with Gasteiger partial charge in [-0.15, -0.1) is 0 Å². The molecule has 0 aromatic heterocycles. The van der Waals surface area contributed by atoms with Gasteiger partial charge in [-0.3, -0.25) is 0 Å². The fourth-order valence-corrected chi connectivity index (χ4v) is 6.64. The van der Waals surface area contributed by atoms with E-state index in [1.165, 1.54) is 25.7 Å². The van der Waals surface area contributed by atoms with Crippen molar-refractivity contribution in [3.63, 3.8) is 0 Å². The first kappa shape index (κ1) is 27.4. The molecule has 0 spiro atoms. The van der Waals surface area contributed by atoms with Gasteiger partial charge in [0, 0.05) is 17.7 Å². The van der Waals surface area contributed by atoms with Crippen LogP contribution in [-0.2, 0) is 24.0 Å². The van der Waals surface area contributed by atoms with E-state index in [9.17, 15) is 0 Å². The van der Waals surface area contributed by atoms with E-state index in [2.05, 4.69) is 26.0 Å². The maximum absolute atomic E-state index is 15.3. The zero-order valence-corrected chi connectivity index (χ0v) is 22.7. The summed E-state index contributed by atoms with van der Waals surface area (Å²) >= 11 is 0. The molecule has 1 nitrogen and oxygen atoms in total. The van der Waals surface area contributed by atoms with E-state index in [-0.39, 0.29) is 11.1 Å². The van der Waals surface area contributed by atoms with E-state index in [1.54, 1.807) is 12.1 Å². The van der Waals surface area contributed by atoms with E-state index >= 15 is 17.6 Å². The molecule has 2 fully saturated rings. The summed E-state index contributed by atoms with van der Waals surface area (Å²) in [5.74, 6) is -2.30. The van der Waals surface area contributed by atoms with Crippen molar-refractivity contribution < 1.29 is 22.3 Å². The first-order valence-electron chi connectivity index (χ1n) is 14.6. The van der Waals surface area contributed by atoms with Crippen LogP contribution in [0.4, 0.5) is 17.6 Å². The Labute approximate surface area is 224 Å². The van der Waals surface area contributed by atoms with Crippen LogP contribution in [0.2, 0.25) is 0 Å². The lowest BCUT2D eigenvalue weighted by Gasteiger charge is -2.28.